The van der Waals surface area contributed by atoms with Crippen molar-refractivity contribution in [3.05, 3.63) is 41.5 Å². The number of phenolic OH excluding ortho intramolecular Hbond substituents is 4. The lowest BCUT2D eigenvalue weighted by atomic mass is 9.93. The van der Waals surface area contributed by atoms with Crippen LogP contribution in [0.15, 0.2) is 30.3 Å². The molecule has 0 amide bonds. The maximum atomic E-state index is 10.3. The van der Waals surface area contributed by atoms with Crippen molar-refractivity contribution in [3.63, 3.8) is 0 Å². The summed E-state index contributed by atoms with van der Waals surface area (Å²) >= 11 is 0. The Labute approximate surface area is 235 Å². The molecule has 0 unspecified atom stereocenters. The summed E-state index contributed by atoms with van der Waals surface area (Å²) in [4.78, 5) is 0. The maximum absolute atomic E-state index is 10.3. The van der Waals surface area contributed by atoms with E-state index in [1.807, 2.05) is 0 Å². The van der Waals surface area contributed by atoms with E-state index in [4.69, 9.17) is 9.47 Å². The summed E-state index contributed by atoms with van der Waals surface area (Å²) in [6.45, 7) is 2.86. The first-order chi connectivity index (χ1) is 19.0. The molecule has 0 spiro atoms. The highest BCUT2D eigenvalue weighted by Gasteiger charge is 2.34. The zero-order valence-corrected chi connectivity index (χ0v) is 23.9. The van der Waals surface area contributed by atoms with Crippen molar-refractivity contribution in [2.45, 2.75) is 128 Å². The van der Waals surface area contributed by atoms with Crippen LogP contribution in [-0.2, 0) is 11.2 Å². The van der Waals surface area contributed by atoms with E-state index in [0.29, 0.717) is 29.9 Å². The summed E-state index contributed by atoms with van der Waals surface area (Å²) in [7, 11) is 0. The number of unbranched alkanes of at least 4 members (excludes halogenated alkanes) is 15. The summed E-state index contributed by atoms with van der Waals surface area (Å²) < 4.78 is 12.4. The average molecular weight is 543 g/mol. The van der Waals surface area contributed by atoms with Gasteiger partial charge in [-0.05, 0) is 24.1 Å². The molecule has 1 aliphatic rings. The van der Waals surface area contributed by atoms with Gasteiger partial charge in [-0.2, -0.15) is 0 Å². The zero-order valence-electron chi connectivity index (χ0n) is 23.9. The van der Waals surface area contributed by atoms with Gasteiger partial charge in [-0.25, -0.2) is 0 Å². The fraction of sp³-hybridized carbons (Fsp3) is 0.636. The Morgan fingerprint density at radius 3 is 1.79 bits per heavy atom. The topological polar surface area (TPSA) is 99.4 Å². The number of rotatable bonds is 19. The van der Waals surface area contributed by atoms with E-state index in [0.717, 1.165) is 12.8 Å². The van der Waals surface area contributed by atoms with Gasteiger partial charge in [-0.1, -0.05) is 109 Å². The van der Waals surface area contributed by atoms with Crippen molar-refractivity contribution in [1.82, 2.24) is 0 Å². The molecule has 1 aliphatic heterocycles. The maximum Gasteiger partial charge on any atom is 0.157 e. The number of phenols is 4. The number of benzene rings is 2. The van der Waals surface area contributed by atoms with E-state index in [1.54, 1.807) is 6.07 Å². The third-order valence-corrected chi connectivity index (χ3v) is 7.82. The van der Waals surface area contributed by atoms with Gasteiger partial charge in [-0.3, -0.25) is 0 Å². The Morgan fingerprint density at radius 2 is 1.23 bits per heavy atom. The highest BCUT2D eigenvalue weighted by atomic mass is 16.5. The van der Waals surface area contributed by atoms with Gasteiger partial charge in [-0.15, -0.1) is 0 Å². The van der Waals surface area contributed by atoms with Gasteiger partial charge in [0.25, 0.3) is 0 Å². The number of hydrogen-bond donors (Lipinski definition) is 4. The number of hydrogen-bond acceptors (Lipinski definition) is 6. The molecule has 0 aromatic heterocycles. The normalized spacial score (nSPS) is 16.6. The summed E-state index contributed by atoms with van der Waals surface area (Å²) in [6, 6.07) is 7.38. The molecule has 218 valence electrons. The molecule has 39 heavy (non-hydrogen) atoms. The standard InChI is InChI=1S/C33H50O6/c1-2-3-4-5-6-7-8-9-10-11-12-13-14-15-16-17-20-38-32-24-27-29(36)22-26(34)23-31(27)39-33(32)25-18-19-28(35)30(37)21-25/h18-19,21-23,32-37H,2-17,20,24H2,1H3/t32-,33+/m0/s1. The van der Waals surface area contributed by atoms with Crippen LogP contribution < -0.4 is 4.74 Å². The molecule has 2 aromatic carbocycles. The van der Waals surface area contributed by atoms with Gasteiger partial charge in [0, 0.05) is 30.7 Å². The van der Waals surface area contributed by atoms with Gasteiger partial charge in [0.05, 0.1) is 0 Å². The lowest BCUT2D eigenvalue weighted by molar-refractivity contribution is -0.0393. The van der Waals surface area contributed by atoms with Crippen LogP contribution in [0.4, 0.5) is 0 Å². The second-order valence-corrected chi connectivity index (χ2v) is 11.1. The van der Waals surface area contributed by atoms with E-state index in [1.165, 1.54) is 114 Å². The van der Waals surface area contributed by atoms with Crippen LogP contribution in [0, 0.1) is 0 Å². The van der Waals surface area contributed by atoms with Gasteiger partial charge in [0.2, 0.25) is 0 Å². The van der Waals surface area contributed by atoms with Crippen LogP contribution in [0.1, 0.15) is 127 Å². The van der Waals surface area contributed by atoms with E-state index >= 15 is 0 Å². The van der Waals surface area contributed by atoms with Crippen LogP contribution in [0.25, 0.3) is 0 Å². The van der Waals surface area contributed by atoms with Crippen molar-refractivity contribution in [2.24, 2.45) is 0 Å². The predicted molar refractivity (Wildman–Crippen MR) is 156 cm³/mol. The molecule has 0 radical (unpaired) electrons. The molecular formula is C33H50O6. The van der Waals surface area contributed by atoms with Crippen LogP contribution in [0.3, 0.4) is 0 Å². The SMILES string of the molecule is CCCCCCCCCCCCCCCCCCO[C@H]1Cc2c(O)cc(O)cc2O[C@@H]1c1ccc(O)c(O)c1. The minimum Gasteiger partial charge on any atom is -0.508 e. The van der Waals surface area contributed by atoms with Crippen LogP contribution in [-0.4, -0.2) is 33.1 Å². The van der Waals surface area contributed by atoms with Crippen molar-refractivity contribution >= 4 is 0 Å². The lowest BCUT2D eigenvalue weighted by Gasteiger charge is -2.34. The number of ether oxygens (including phenoxy) is 2. The molecule has 2 atom stereocenters. The molecule has 0 fully saturated rings. The first-order valence-corrected chi connectivity index (χ1v) is 15.3. The monoisotopic (exact) mass is 542 g/mol. The van der Waals surface area contributed by atoms with Gasteiger partial charge in [0.1, 0.15) is 23.4 Å². The average Bonchev–Trinajstić information content (AvgIpc) is 2.91. The molecule has 6 nitrogen and oxygen atoms in total. The summed E-state index contributed by atoms with van der Waals surface area (Å²) in [5, 5.41) is 40.0. The molecule has 1 heterocycles. The second-order valence-electron chi connectivity index (χ2n) is 11.1. The van der Waals surface area contributed by atoms with E-state index in [9.17, 15) is 20.4 Å². The van der Waals surface area contributed by atoms with Crippen molar-refractivity contribution in [2.75, 3.05) is 6.61 Å². The number of aromatic hydroxyl groups is 4. The Balaban J connectivity index is 1.32. The Morgan fingerprint density at radius 1 is 0.667 bits per heavy atom. The minimum absolute atomic E-state index is 0.0204. The van der Waals surface area contributed by atoms with Gasteiger partial charge in [0.15, 0.2) is 17.6 Å². The molecule has 2 aromatic rings. The van der Waals surface area contributed by atoms with Gasteiger partial charge >= 0.3 is 0 Å². The zero-order chi connectivity index (χ0) is 27.9. The largest absolute Gasteiger partial charge is 0.508 e. The van der Waals surface area contributed by atoms with Crippen molar-refractivity contribution < 1.29 is 29.9 Å². The van der Waals surface area contributed by atoms with Crippen LogP contribution in [0.2, 0.25) is 0 Å². The third kappa shape index (κ3) is 10.5. The Hall–Kier alpha value is -2.60. The fourth-order valence-electron chi connectivity index (χ4n) is 5.48. The van der Waals surface area contributed by atoms with E-state index < -0.39 is 6.10 Å². The quantitative estimate of drug-likeness (QED) is 0.105. The smallest absolute Gasteiger partial charge is 0.157 e. The Kier molecular flexibility index (Phi) is 13.6. The summed E-state index contributed by atoms with van der Waals surface area (Å²) in [5.41, 5.74) is 1.26. The fourth-order valence-corrected chi connectivity index (χ4v) is 5.48. The predicted octanol–water partition coefficient (Wildman–Crippen LogP) is 8.83. The van der Waals surface area contributed by atoms with Crippen molar-refractivity contribution in [3.8, 4) is 28.7 Å². The van der Waals surface area contributed by atoms with E-state index in [2.05, 4.69) is 6.92 Å². The highest BCUT2D eigenvalue weighted by molar-refractivity contribution is 5.52. The molecule has 6 heteroatoms. The highest BCUT2D eigenvalue weighted by Crippen LogP contribution is 2.43. The molecular weight excluding hydrogens is 492 g/mol. The molecule has 4 N–H and O–H groups in total. The first kappa shape index (κ1) is 30.9. The van der Waals surface area contributed by atoms with Gasteiger partial charge < -0.3 is 29.9 Å². The third-order valence-electron chi connectivity index (χ3n) is 7.82. The minimum atomic E-state index is -0.536. The summed E-state index contributed by atoms with van der Waals surface area (Å²) in [6.07, 6.45) is 20.6. The van der Waals surface area contributed by atoms with Crippen molar-refractivity contribution in [1.29, 1.82) is 0 Å². The Bertz CT molecular complexity index is 975. The molecule has 0 bridgehead atoms. The first-order valence-electron chi connectivity index (χ1n) is 15.3. The molecule has 0 saturated heterocycles. The lowest BCUT2D eigenvalue weighted by Crippen LogP contribution is -2.33. The molecule has 0 saturated carbocycles. The number of fused-ring (bicyclic) bond motifs is 1. The summed E-state index contributed by atoms with van der Waals surface area (Å²) in [5.74, 6) is -0.125. The van der Waals surface area contributed by atoms with E-state index in [-0.39, 0.29) is 29.1 Å². The van der Waals surface area contributed by atoms with Crippen LogP contribution in [0.5, 0.6) is 28.7 Å². The van der Waals surface area contributed by atoms with Crippen LogP contribution >= 0.6 is 0 Å². The molecule has 3 rings (SSSR count). The molecule has 0 aliphatic carbocycles. The second kappa shape index (κ2) is 17.2.